The average Bonchev–Trinajstić information content (AvgIpc) is 2.65. The fourth-order valence-corrected chi connectivity index (χ4v) is 2.84. The number of methoxy groups -OCH3 is 1. The standard InChI is InChI=1S/C22H33N3O/c1-6-8-12-20(11-7-2)13-9-10-16-23-24-22(26-5)21-14-17-25(18-15-21)19(3)4/h6-13,16,19,21H,1,14-15,17-18H2,2-5H3/b10-9+,11-7-,12-8+,20-13+,23-16+,24-22-. The zero-order chi connectivity index (χ0) is 19.2. The summed E-state index contributed by atoms with van der Waals surface area (Å²) in [6.45, 7) is 12.3. The molecule has 142 valence electrons. The van der Waals surface area contributed by atoms with Crippen molar-refractivity contribution in [2.45, 2.75) is 39.7 Å². The van der Waals surface area contributed by atoms with Crippen molar-refractivity contribution < 1.29 is 4.74 Å². The van der Waals surface area contributed by atoms with Crippen LogP contribution in [0.2, 0.25) is 0 Å². The quantitative estimate of drug-likeness (QED) is 0.268. The first-order valence-corrected chi connectivity index (χ1v) is 9.30. The monoisotopic (exact) mass is 355 g/mol. The van der Waals surface area contributed by atoms with Crippen LogP contribution in [0.3, 0.4) is 0 Å². The van der Waals surface area contributed by atoms with Gasteiger partial charge in [0.2, 0.25) is 5.90 Å². The zero-order valence-electron chi connectivity index (χ0n) is 16.6. The number of ether oxygens (including phenoxy) is 1. The van der Waals surface area contributed by atoms with Crippen molar-refractivity contribution in [3.8, 4) is 0 Å². The van der Waals surface area contributed by atoms with E-state index < -0.39 is 0 Å². The second-order valence-corrected chi connectivity index (χ2v) is 6.46. The molecule has 0 aliphatic carbocycles. The predicted octanol–water partition coefficient (Wildman–Crippen LogP) is 4.94. The third-order valence-electron chi connectivity index (χ3n) is 4.31. The highest BCUT2D eigenvalue weighted by atomic mass is 16.5. The van der Waals surface area contributed by atoms with E-state index in [1.54, 1.807) is 19.4 Å². The van der Waals surface area contributed by atoms with Crippen LogP contribution in [-0.2, 0) is 4.74 Å². The first kappa shape index (κ1) is 21.8. The number of piperidine rings is 1. The fraction of sp³-hybridized carbons (Fsp3) is 0.455. The SMILES string of the molecule is C=C/C=C/C(/C=C\C)=C/C=C/C=N/N=C(\OC)C1CCN(C(C)C)CC1. The molecule has 0 aromatic carbocycles. The third-order valence-corrected chi connectivity index (χ3v) is 4.31. The van der Waals surface area contributed by atoms with Gasteiger partial charge < -0.3 is 9.64 Å². The van der Waals surface area contributed by atoms with E-state index in [1.807, 2.05) is 49.5 Å². The molecule has 1 heterocycles. The lowest BCUT2D eigenvalue weighted by Crippen LogP contribution is -2.40. The number of likely N-dealkylation sites (tertiary alicyclic amines) is 1. The van der Waals surface area contributed by atoms with Crippen LogP contribution < -0.4 is 0 Å². The Bertz CT molecular complexity index is 587. The summed E-state index contributed by atoms with van der Waals surface area (Å²) in [4.78, 5) is 2.49. The Morgan fingerprint density at radius 2 is 1.88 bits per heavy atom. The van der Waals surface area contributed by atoms with Crippen molar-refractivity contribution in [1.29, 1.82) is 0 Å². The van der Waals surface area contributed by atoms with E-state index >= 15 is 0 Å². The number of rotatable bonds is 8. The summed E-state index contributed by atoms with van der Waals surface area (Å²) in [6, 6.07) is 0.601. The molecule has 0 amide bonds. The van der Waals surface area contributed by atoms with Crippen LogP contribution in [0.5, 0.6) is 0 Å². The van der Waals surface area contributed by atoms with Crippen molar-refractivity contribution >= 4 is 12.1 Å². The molecular formula is C22H33N3O. The molecule has 0 aromatic heterocycles. The molecule has 1 saturated heterocycles. The lowest BCUT2D eigenvalue weighted by molar-refractivity contribution is 0.160. The van der Waals surface area contributed by atoms with Crippen molar-refractivity contribution in [1.82, 2.24) is 4.90 Å². The van der Waals surface area contributed by atoms with Crippen molar-refractivity contribution in [2.24, 2.45) is 16.1 Å². The van der Waals surface area contributed by atoms with Crippen LogP contribution in [0.4, 0.5) is 0 Å². The molecule has 4 nitrogen and oxygen atoms in total. The Balaban J connectivity index is 2.60. The van der Waals surface area contributed by atoms with Crippen LogP contribution in [-0.4, -0.2) is 43.3 Å². The topological polar surface area (TPSA) is 37.2 Å². The van der Waals surface area contributed by atoms with Gasteiger partial charge in [-0.1, -0.05) is 49.1 Å². The highest BCUT2D eigenvalue weighted by Gasteiger charge is 2.25. The van der Waals surface area contributed by atoms with Gasteiger partial charge in [0, 0.05) is 18.2 Å². The molecule has 1 fully saturated rings. The molecule has 0 unspecified atom stereocenters. The number of allylic oxidation sites excluding steroid dienone is 9. The number of hydrogen-bond acceptors (Lipinski definition) is 4. The molecule has 26 heavy (non-hydrogen) atoms. The largest absolute Gasteiger partial charge is 0.483 e. The van der Waals surface area contributed by atoms with E-state index in [4.69, 9.17) is 4.74 Å². The van der Waals surface area contributed by atoms with Gasteiger partial charge in [0.15, 0.2) is 0 Å². The molecule has 4 heteroatoms. The molecule has 0 spiro atoms. The first-order chi connectivity index (χ1) is 12.6. The van der Waals surface area contributed by atoms with Gasteiger partial charge in [-0.15, -0.1) is 5.10 Å². The maximum Gasteiger partial charge on any atom is 0.211 e. The van der Waals surface area contributed by atoms with E-state index in [2.05, 4.69) is 35.5 Å². The molecule has 1 aliphatic heterocycles. The van der Waals surface area contributed by atoms with Crippen molar-refractivity contribution in [3.63, 3.8) is 0 Å². The maximum absolute atomic E-state index is 5.46. The second-order valence-electron chi connectivity index (χ2n) is 6.46. The maximum atomic E-state index is 5.46. The molecule has 0 saturated carbocycles. The minimum atomic E-state index is 0.362. The second kappa shape index (κ2) is 13.1. The van der Waals surface area contributed by atoms with Gasteiger partial charge in [-0.2, -0.15) is 5.10 Å². The molecule has 1 aliphatic rings. The minimum absolute atomic E-state index is 0.362. The van der Waals surface area contributed by atoms with Gasteiger partial charge in [0.1, 0.15) is 0 Å². The summed E-state index contributed by atoms with van der Waals surface area (Å²) >= 11 is 0. The first-order valence-electron chi connectivity index (χ1n) is 9.30. The molecule has 0 radical (unpaired) electrons. The summed E-state index contributed by atoms with van der Waals surface area (Å²) < 4.78 is 5.46. The molecular weight excluding hydrogens is 322 g/mol. The van der Waals surface area contributed by atoms with Gasteiger partial charge >= 0.3 is 0 Å². The fourth-order valence-electron chi connectivity index (χ4n) is 2.84. The summed E-state index contributed by atoms with van der Waals surface area (Å²) in [7, 11) is 1.68. The number of nitrogens with zero attached hydrogens (tertiary/aromatic N) is 3. The van der Waals surface area contributed by atoms with Crippen LogP contribution in [0.1, 0.15) is 33.6 Å². The van der Waals surface area contributed by atoms with Crippen LogP contribution >= 0.6 is 0 Å². The molecule has 1 rings (SSSR count). The molecule has 0 aromatic rings. The van der Waals surface area contributed by atoms with E-state index in [-0.39, 0.29) is 0 Å². The highest BCUT2D eigenvalue weighted by Crippen LogP contribution is 2.20. The van der Waals surface area contributed by atoms with Gasteiger partial charge in [-0.25, -0.2) is 0 Å². The van der Waals surface area contributed by atoms with E-state index in [0.717, 1.165) is 37.4 Å². The normalized spacial score (nSPS) is 19.0. The van der Waals surface area contributed by atoms with Gasteiger partial charge in [0.25, 0.3) is 0 Å². The van der Waals surface area contributed by atoms with E-state index in [9.17, 15) is 0 Å². The smallest absolute Gasteiger partial charge is 0.211 e. The Kier molecular flexibility index (Phi) is 11.0. The molecule has 0 bridgehead atoms. The van der Waals surface area contributed by atoms with Gasteiger partial charge in [-0.05, 0) is 58.4 Å². The zero-order valence-corrected chi connectivity index (χ0v) is 16.6. The van der Waals surface area contributed by atoms with E-state index in [1.165, 1.54) is 0 Å². The summed E-state index contributed by atoms with van der Waals surface area (Å²) in [5.41, 5.74) is 1.09. The van der Waals surface area contributed by atoms with Crippen molar-refractivity contribution in [3.05, 3.63) is 60.8 Å². The van der Waals surface area contributed by atoms with Crippen molar-refractivity contribution in [2.75, 3.05) is 20.2 Å². The Hall–Kier alpha value is -2.20. The Morgan fingerprint density at radius 3 is 2.46 bits per heavy atom. The minimum Gasteiger partial charge on any atom is -0.483 e. The summed E-state index contributed by atoms with van der Waals surface area (Å²) in [5, 5.41) is 8.40. The van der Waals surface area contributed by atoms with Gasteiger partial charge in [0.05, 0.1) is 7.11 Å². The Labute approximate surface area is 159 Å². The molecule has 0 N–H and O–H groups in total. The van der Waals surface area contributed by atoms with Crippen LogP contribution in [0.25, 0.3) is 0 Å². The highest BCUT2D eigenvalue weighted by molar-refractivity contribution is 5.80. The van der Waals surface area contributed by atoms with Crippen LogP contribution in [0.15, 0.2) is 71.0 Å². The summed E-state index contributed by atoms with van der Waals surface area (Å²) in [6.07, 6.45) is 19.3. The summed E-state index contributed by atoms with van der Waals surface area (Å²) in [5.74, 6) is 1.10. The van der Waals surface area contributed by atoms with Gasteiger partial charge in [-0.3, -0.25) is 0 Å². The predicted molar refractivity (Wildman–Crippen MR) is 114 cm³/mol. The molecule has 0 atom stereocenters. The Morgan fingerprint density at radius 1 is 1.15 bits per heavy atom. The lowest BCUT2D eigenvalue weighted by atomic mass is 9.96. The number of hydrogen-bond donors (Lipinski definition) is 0. The van der Waals surface area contributed by atoms with E-state index in [0.29, 0.717) is 12.0 Å². The average molecular weight is 356 g/mol. The third kappa shape index (κ3) is 8.26. The lowest BCUT2D eigenvalue weighted by Gasteiger charge is -2.34. The van der Waals surface area contributed by atoms with Crippen LogP contribution in [0, 0.1) is 5.92 Å².